The van der Waals surface area contributed by atoms with E-state index in [-0.39, 0.29) is 5.82 Å². The molecule has 0 aliphatic rings. The number of carboxylic acid groups (broad SMARTS) is 1. The number of urea groups is 1. The van der Waals surface area contributed by atoms with Gasteiger partial charge in [-0.2, -0.15) is 11.8 Å². The normalized spacial score (nSPS) is 11.9. The molecule has 0 saturated heterocycles. The highest BCUT2D eigenvalue weighted by molar-refractivity contribution is 7.98. The van der Waals surface area contributed by atoms with Crippen molar-refractivity contribution in [1.82, 2.24) is 10.5 Å². The summed E-state index contributed by atoms with van der Waals surface area (Å²) in [4.78, 5) is 22.4. The number of anilines is 1. The summed E-state index contributed by atoms with van der Waals surface area (Å²) in [5, 5.41) is 17.3. The van der Waals surface area contributed by atoms with Crippen molar-refractivity contribution in [2.45, 2.75) is 19.4 Å². The van der Waals surface area contributed by atoms with E-state index in [9.17, 15) is 9.59 Å². The van der Waals surface area contributed by atoms with Crippen LogP contribution in [0.15, 0.2) is 10.6 Å². The van der Waals surface area contributed by atoms with Gasteiger partial charge in [0, 0.05) is 6.07 Å². The summed E-state index contributed by atoms with van der Waals surface area (Å²) >= 11 is 1.52. The Balaban J connectivity index is 2.48. The second kappa shape index (κ2) is 6.90. The van der Waals surface area contributed by atoms with Crippen molar-refractivity contribution in [2.24, 2.45) is 0 Å². The number of carbonyl (C=O) groups excluding carboxylic acids is 1. The van der Waals surface area contributed by atoms with Gasteiger partial charge in [-0.25, -0.2) is 9.59 Å². The Morgan fingerprint density at radius 1 is 1.61 bits per heavy atom. The van der Waals surface area contributed by atoms with Crippen molar-refractivity contribution in [2.75, 3.05) is 17.3 Å². The van der Waals surface area contributed by atoms with E-state index in [1.165, 1.54) is 17.8 Å². The summed E-state index contributed by atoms with van der Waals surface area (Å²) in [5.41, 5.74) is 0. The molecule has 1 rings (SSSR count). The first-order valence-corrected chi connectivity index (χ1v) is 6.65. The van der Waals surface area contributed by atoms with Crippen molar-refractivity contribution < 1.29 is 19.2 Å². The molecule has 2 amide bonds. The predicted octanol–water partition coefficient (Wildman–Crippen LogP) is 1.31. The zero-order chi connectivity index (χ0) is 13.5. The third-order valence-electron chi connectivity index (χ3n) is 2.08. The summed E-state index contributed by atoms with van der Waals surface area (Å²) in [6.45, 7) is 1.69. The van der Waals surface area contributed by atoms with Gasteiger partial charge in [-0.1, -0.05) is 5.16 Å². The molecule has 1 heterocycles. The van der Waals surface area contributed by atoms with Crippen LogP contribution in [0.1, 0.15) is 12.2 Å². The van der Waals surface area contributed by atoms with Crippen molar-refractivity contribution in [3.63, 3.8) is 0 Å². The summed E-state index contributed by atoms with van der Waals surface area (Å²) in [6.07, 6.45) is 2.24. The number of hydrogen-bond acceptors (Lipinski definition) is 5. The van der Waals surface area contributed by atoms with Gasteiger partial charge >= 0.3 is 12.0 Å². The number of carbonyl (C=O) groups is 2. The Labute approximate surface area is 108 Å². The summed E-state index contributed by atoms with van der Waals surface area (Å²) in [5.74, 6) is 0.400. The van der Waals surface area contributed by atoms with E-state index in [2.05, 4.69) is 15.8 Å². The number of hydrogen-bond donors (Lipinski definition) is 3. The minimum absolute atomic E-state index is 0.249. The summed E-state index contributed by atoms with van der Waals surface area (Å²) in [7, 11) is 0. The molecule has 0 fully saturated rings. The second-order valence-electron chi connectivity index (χ2n) is 3.59. The lowest BCUT2D eigenvalue weighted by molar-refractivity contribution is -0.139. The molecule has 7 nitrogen and oxygen atoms in total. The third-order valence-corrected chi connectivity index (χ3v) is 2.73. The van der Waals surface area contributed by atoms with Crippen LogP contribution < -0.4 is 10.6 Å². The van der Waals surface area contributed by atoms with Crippen LogP contribution in [0.4, 0.5) is 10.6 Å². The molecule has 0 saturated carbocycles. The van der Waals surface area contributed by atoms with Gasteiger partial charge < -0.3 is 14.9 Å². The van der Waals surface area contributed by atoms with Gasteiger partial charge in [0.05, 0.1) is 0 Å². The maximum Gasteiger partial charge on any atom is 0.326 e. The molecule has 1 aromatic rings. The zero-order valence-corrected chi connectivity index (χ0v) is 10.9. The molecular weight excluding hydrogens is 258 g/mol. The average molecular weight is 273 g/mol. The molecule has 0 aliphatic heterocycles. The topological polar surface area (TPSA) is 104 Å². The zero-order valence-electron chi connectivity index (χ0n) is 10.1. The molecule has 1 atom stereocenters. The first kappa shape index (κ1) is 14.4. The minimum Gasteiger partial charge on any atom is -0.480 e. The molecule has 0 radical (unpaired) electrons. The average Bonchev–Trinajstić information content (AvgIpc) is 2.69. The molecule has 0 aromatic carbocycles. The molecule has 18 heavy (non-hydrogen) atoms. The van der Waals surface area contributed by atoms with Crippen LogP contribution in [0, 0.1) is 6.92 Å². The van der Waals surface area contributed by atoms with Crippen molar-refractivity contribution >= 4 is 29.6 Å². The number of aryl methyl sites for hydroxylation is 1. The van der Waals surface area contributed by atoms with E-state index in [0.717, 1.165) is 0 Å². The Morgan fingerprint density at radius 3 is 2.83 bits per heavy atom. The maximum atomic E-state index is 11.5. The van der Waals surface area contributed by atoms with Crippen LogP contribution in [0.3, 0.4) is 0 Å². The number of carboxylic acids is 1. The lowest BCUT2D eigenvalue weighted by atomic mass is 10.2. The Morgan fingerprint density at radius 2 is 2.33 bits per heavy atom. The van der Waals surface area contributed by atoms with Crippen LogP contribution in [0.25, 0.3) is 0 Å². The van der Waals surface area contributed by atoms with Crippen LogP contribution >= 0.6 is 11.8 Å². The van der Waals surface area contributed by atoms with Crippen molar-refractivity contribution in [3.8, 4) is 0 Å². The molecule has 3 N–H and O–H groups in total. The van der Waals surface area contributed by atoms with Gasteiger partial charge in [0.25, 0.3) is 0 Å². The lowest BCUT2D eigenvalue weighted by Gasteiger charge is -2.13. The molecule has 1 aromatic heterocycles. The van der Waals surface area contributed by atoms with Crippen molar-refractivity contribution in [1.29, 1.82) is 0 Å². The fourth-order valence-electron chi connectivity index (χ4n) is 1.23. The van der Waals surface area contributed by atoms with Crippen LogP contribution in [0.5, 0.6) is 0 Å². The molecular formula is C10H15N3O4S. The van der Waals surface area contributed by atoms with Crippen LogP contribution in [0.2, 0.25) is 0 Å². The van der Waals surface area contributed by atoms with E-state index >= 15 is 0 Å². The number of thioether (sulfide) groups is 1. The Bertz CT molecular complexity index is 421. The summed E-state index contributed by atoms with van der Waals surface area (Å²) in [6, 6.07) is 0.0132. The fraction of sp³-hybridized carbons (Fsp3) is 0.500. The number of rotatable bonds is 6. The van der Waals surface area contributed by atoms with E-state index in [4.69, 9.17) is 9.63 Å². The minimum atomic E-state index is -1.06. The largest absolute Gasteiger partial charge is 0.480 e. The van der Waals surface area contributed by atoms with E-state index in [1.807, 2.05) is 6.26 Å². The molecule has 1 unspecified atom stereocenters. The standard InChI is InChI=1S/C10H15N3O4S/c1-6-5-8(13-17-6)12-10(16)11-7(9(14)15)3-4-18-2/h5,7H,3-4H2,1-2H3,(H,14,15)(H2,11,12,13,16). The SMILES string of the molecule is CSCCC(NC(=O)Nc1cc(C)on1)C(=O)O. The maximum absolute atomic E-state index is 11.5. The molecule has 0 bridgehead atoms. The number of aromatic nitrogens is 1. The van der Waals surface area contributed by atoms with Gasteiger partial charge in [0.2, 0.25) is 0 Å². The predicted molar refractivity (Wildman–Crippen MR) is 67.8 cm³/mol. The molecule has 0 spiro atoms. The van der Waals surface area contributed by atoms with Gasteiger partial charge in [0.1, 0.15) is 11.8 Å². The Kier molecular flexibility index (Phi) is 5.50. The number of nitrogens with zero attached hydrogens (tertiary/aromatic N) is 1. The molecule has 0 aliphatic carbocycles. The van der Waals surface area contributed by atoms with Gasteiger partial charge in [0.15, 0.2) is 5.82 Å². The number of aliphatic carboxylic acids is 1. The highest BCUT2D eigenvalue weighted by Crippen LogP contribution is 2.07. The van der Waals surface area contributed by atoms with E-state index < -0.39 is 18.0 Å². The smallest absolute Gasteiger partial charge is 0.326 e. The Hall–Kier alpha value is -1.70. The van der Waals surface area contributed by atoms with Gasteiger partial charge in [-0.15, -0.1) is 0 Å². The van der Waals surface area contributed by atoms with E-state index in [0.29, 0.717) is 17.9 Å². The quantitative estimate of drug-likeness (QED) is 0.722. The molecule has 8 heteroatoms. The van der Waals surface area contributed by atoms with Gasteiger partial charge in [-0.3, -0.25) is 5.32 Å². The highest BCUT2D eigenvalue weighted by Gasteiger charge is 2.19. The third kappa shape index (κ3) is 4.66. The first-order valence-electron chi connectivity index (χ1n) is 5.25. The molecule has 100 valence electrons. The summed E-state index contributed by atoms with van der Waals surface area (Å²) < 4.78 is 4.77. The van der Waals surface area contributed by atoms with E-state index in [1.54, 1.807) is 6.92 Å². The number of amides is 2. The lowest BCUT2D eigenvalue weighted by Crippen LogP contribution is -2.43. The second-order valence-corrected chi connectivity index (χ2v) is 4.58. The highest BCUT2D eigenvalue weighted by atomic mass is 32.2. The van der Waals surface area contributed by atoms with Crippen LogP contribution in [-0.2, 0) is 4.79 Å². The van der Waals surface area contributed by atoms with Crippen molar-refractivity contribution in [3.05, 3.63) is 11.8 Å². The number of nitrogens with one attached hydrogen (secondary N) is 2. The van der Waals surface area contributed by atoms with Crippen LogP contribution in [-0.4, -0.2) is 40.3 Å². The fourth-order valence-corrected chi connectivity index (χ4v) is 1.70. The monoisotopic (exact) mass is 273 g/mol. The first-order chi connectivity index (χ1) is 8.52. The van der Waals surface area contributed by atoms with Gasteiger partial charge in [-0.05, 0) is 25.4 Å².